The Hall–Kier alpha value is -2.57. The molecule has 0 bridgehead atoms. The van der Waals surface area contributed by atoms with E-state index in [1.54, 1.807) is 9.47 Å². The smallest absolute Gasteiger partial charge is 0.329 e. The molecule has 7 nitrogen and oxygen atoms in total. The maximum Gasteiger partial charge on any atom is 0.329 e. The van der Waals surface area contributed by atoms with E-state index in [0.717, 1.165) is 30.3 Å². The van der Waals surface area contributed by atoms with Gasteiger partial charge >= 0.3 is 5.69 Å². The molecule has 0 saturated carbocycles. The van der Waals surface area contributed by atoms with Crippen molar-refractivity contribution < 1.29 is 9.59 Å². The van der Waals surface area contributed by atoms with Crippen molar-refractivity contribution in [2.75, 3.05) is 13.1 Å². The molecule has 2 amide bonds. The second kappa shape index (κ2) is 7.13. The number of primary amides is 1. The molecule has 2 aromatic rings. The highest BCUT2D eigenvalue weighted by Crippen LogP contribution is 2.18. The summed E-state index contributed by atoms with van der Waals surface area (Å²) < 4.78 is 3.24. The van der Waals surface area contributed by atoms with Crippen molar-refractivity contribution in [1.29, 1.82) is 0 Å². The Balaban J connectivity index is 1.88. The summed E-state index contributed by atoms with van der Waals surface area (Å²) in [6, 6.07) is 7.52. The minimum absolute atomic E-state index is 0.0124. The van der Waals surface area contributed by atoms with Gasteiger partial charge in [-0.25, -0.2) is 4.79 Å². The highest BCUT2D eigenvalue weighted by atomic mass is 16.2. The lowest BCUT2D eigenvalue weighted by Crippen LogP contribution is -2.46. The monoisotopic (exact) mass is 344 g/mol. The van der Waals surface area contributed by atoms with Crippen molar-refractivity contribution in [1.82, 2.24) is 14.0 Å². The molecule has 7 heteroatoms. The second-order valence-corrected chi connectivity index (χ2v) is 6.59. The van der Waals surface area contributed by atoms with Crippen molar-refractivity contribution in [3.05, 3.63) is 34.7 Å². The first-order valence-electron chi connectivity index (χ1n) is 8.78. The average Bonchev–Trinajstić information content (AvgIpc) is 2.88. The number of hydrogen-bond acceptors (Lipinski definition) is 3. The molecule has 1 aromatic heterocycles. The number of para-hydroxylation sites is 2. The molecule has 1 fully saturated rings. The van der Waals surface area contributed by atoms with E-state index in [2.05, 4.69) is 0 Å². The summed E-state index contributed by atoms with van der Waals surface area (Å²) in [6.45, 7) is 3.57. The van der Waals surface area contributed by atoms with Gasteiger partial charge < -0.3 is 10.6 Å². The number of aromatic nitrogens is 2. The molecular weight excluding hydrogens is 320 g/mol. The number of hydrogen-bond donors (Lipinski definition) is 1. The summed E-state index contributed by atoms with van der Waals surface area (Å²) in [6.07, 6.45) is 2.31. The molecule has 25 heavy (non-hydrogen) atoms. The van der Waals surface area contributed by atoms with Crippen molar-refractivity contribution in [3.63, 3.8) is 0 Å². The number of carbonyl (C=O) groups is 2. The molecule has 2 N–H and O–H groups in total. The van der Waals surface area contributed by atoms with Crippen LogP contribution in [0.3, 0.4) is 0 Å². The number of carbonyl (C=O) groups excluding carboxylic acids is 2. The number of fused-ring (bicyclic) bond motifs is 1. The molecule has 134 valence electrons. The van der Waals surface area contributed by atoms with Crippen LogP contribution in [0.15, 0.2) is 29.1 Å². The fraction of sp³-hybridized carbons (Fsp3) is 0.500. The highest BCUT2D eigenvalue weighted by molar-refractivity contribution is 5.82. The zero-order chi connectivity index (χ0) is 18.0. The van der Waals surface area contributed by atoms with Gasteiger partial charge in [-0.2, -0.15) is 0 Å². The first kappa shape index (κ1) is 17.3. The van der Waals surface area contributed by atoms with Crippen LogP contribution in [0.4, 0.5) is 0 Å². The second-order valence-electron chi connectivity index (χ2n) is 6.59. The zero-order valence-electron chi connectivity index (χ0n) is 14.5. The van der Waals surface area contributed by atoms with Crippen molar-refractivity contribution in [2.24, 2.45) is 11.7 Å². The fourth-order valence-electron chi connectivity index (χ4n) is 3.54. The molecule has 1 aromatic carbocycles. The van der Waals surface area contributed by atoms with Crippen LogP contribution in [0, 0.1) is 5.92 Å². The summed E-state index contributed by atoms with van der Waals surface area (Å²) in [5.74, 6) is -0.808. The SMILES string of the molecule is CCCn1c(=O)n(CC(=O)N2CCC[C@@H](C(N)=O)C2)c2ccccc21. The lowest BCUT2D eigenvalue weighted by molar-refractivity contribution is -0.135. The van der Waals surface area contributed by atoms with Crippen molar-refractivity contribution in [2.45, 2.75) is 39.3 Å². The third kappa shape index (κ3) is 3.31. The topological polar surface area (TPSA) is 90.3 Å². The zero-order valence-corrected chi connectivity index (χ0v) is 14.5. The summed E-state index contributed by atoms with van der Waals surface area (Å²) >= 11 is 0. The highest BCUT2D eigenvalue weighted by Gasteiger charge is 2.27. The van der Waals surface area contributed by atoms with Crippen LogP contribution in [0.5, 0.6) is 0 Å². The molecular formula is C18H24N4O3. The number of benzene rings is 1. The van der Waals surface area contributed by atoms with Gasteiger partial charge in [-0.1, -0.05) is 19.1 Å². The van der Waals surface area contributed by atoms with E-state index in [9.17, 15) is 14.4 Å². The number of piperidine rings is 1. The molecule has 0 aliphatic carbocycles. The van der Waals surface area contributed by atoms with Crippen LogP contribution in [0.1, 0.15) is 26.2 Å². The third-order valence-electron chi connectivity index (χ3n) is 4.84. The van der Waals surface area contributed by atoms with Crippen LogP contribution in [0.2, 0.25) is 0 Å². The van der Waals surface area contributed by atoms with E-state index in [4.69, 9.17) is 5.73 Å². The van der Waals surface area contributed by atoms with Gasteiger partial charge in [0.05, 0.1) is 17.0 Å². The van der Waals surface area contributed by atoms with Crippen molar-refractivity contribution >= 4 is 22.8 Å². The number of imidazole rings is 1. The molecule has 3 rings (SSSR count). The summed E-state index contributed by atoms with van der Waals surface area (Å²) in [4.78, 5) is 38.5. The first-order chi connectivity index (χ1) is 12.0. The van der Waals surface area contributed by atoms with E-state index in [1.807, 2.05) is 31.2 Å². The van der Waals surface area contributed by atoms with Crippen molar-refractivity contribution in [3.8, 4) is 0 Å². The number of rotatable bonds is 5. The Morgan fingerprint density at radius 1 is 1.20 bits per heavy atom. The largest absolute Gasteiger partial charge is 0.369 e. The van der Waals surface area contributed by atoms with E-state index in [0.29, 0.717) is 19.6 Å². The van der Waals surface area contributed by atoms with Gasteiger partial charge in [0.1, 0.15) is 6.54 Å². The Morgan fingerprint density at radius 3 is 2.52 bits per heavy atom. The fourth-order valence-corrected chi connectivity index (χ4v) is 3.54. The number of aryl methyl sites for hydroxylation is 1. The lowest BCUT2D eigenvalue weighted by atomic mass is 9.97. The normalized spacial score (nSPS) is 17.8. The minimum Gasteiger partial charge on any atom is -0.369 e. The van der Waals surface area contributed by atoms with Gasteiger partial charge in [-0.05, 0) is 31.4 Å². The van der Waals surface area contributed by atoms with Gasteiger partial charge in [-0.3, -0.25) is 18.7 Å². The first-order valence-corrected chi connectivity index (χ1v) is 8.78. The maximum absolute atomic E-state index is 12.8. The Labute approximate surface area is 146 Å². The molecule has 0 spiro atoms. The van der Waals surface area contributed by atoms with E-state index < -0.39 is 0 Å². The molecule has 1 aliphatic heterocycles. The third-order valence-corrected chi connectivity index (χ3v) is 4.84. The van der Waals surface area contributed by atoms with Crippen LogP contribution in [0.25, 0.3) is 11.0 Å². The van der Waals surface area contributed by atoms with E-state index in [1.165, 1.54) is 4.57 Å². The number of likely N-dealkylation sites (tertiary alicyclic amines) is 1. The molecule has 1 aliphatic rings. The Bertz CT molecular complexity index is 852. The molecule has 2 heterocycles. The van der Waals surface area contributed by atoms with Crippen LogP contribution < -0.4 is 11.4 Å². The van der Waals surface area contributed by atoms with Crippen LogP contribution >= 0.6 is 0 Å². The number of amides is 2. The van der Waals surface area contributed by atoms with Crippen LogP contribution in [-0.4, -0.2) is 38.9 Å². The number of nitrogens with two attached hydrogens (primary N) is 1. The standard InChI is InChI=1S/C18H24N4O3/c1-2-9-21-14-7-3-4-8-15(14)22(18(21)25)12-16(23)20-10-5-6-13(11-20)17(19)24/h3-4,7-8,13H,2,5-6,9-12H2,1H3,(H2,19,24)/t13-/m1/s1. The predicted octanol–water partition coefficient (Wildman–Crippen LogP) is 0.937. The van der Waals surface area contributed by atoms with Gasteiger partial charge in [0, 0.05) is 19.6 Å². The predicted molar refractivity (Wildman–Crippen MR) is 95.0 cm³/mol. The van der Waals surface area contributed by atoms with Gasteiger partial charge in [-0.15, -0.1) is 0 Å². The molecule has 1 atom stereocenters. The number of nitrogens with zero attached hydrogens (tertiary/aromatic N) is 3. The summed E-state index contributed by atoms with van der Waals surface area (Å²) in [5.41, 5.74) is 6.82. The van der Waals surface area contributed by atoms with E-state index >= 15 is 0 Å². The van der Waals surface area contributed by atoms with E-state index in [-0.39, 0.29) is 30.0 Å². The lowest BCUT2D eigenvalue weighted by Gasteiger charge is -2.31. The maximum atomic E-state index is 12.8. The molecule has 1 saturated heterocycles. The molecule has 0 radical (unpaired) electrons. The van der Waals surface area contributed by atoms with Crippen LogP contribution in [-0.2, 0) is 22.7 Å². The average molecular weight is 344 g/mol. The Morgan fingerprint density at radius 2 is 1.88 bits per heavy atom. The van der Waals surface area contributed by atoms with Gasteiger partial charge in [0.25, 0.3) is 0 Å². The van der Waals surface area contributed by atoms with Gasteiger partial charge in [0.15, 0.2) is 0 Å². The summed E-state index contributed by atoms with van der Waals surface area (Å²) in [5, 5.41) is 0. The van der Waals surface area contributed by atoms with Gasteiger partial charge in [0.2, 0.25) is 11.8 Å². The Kier molecular flexibility index (Phi) is 4.92. The minimum atomic E-state index is -0.366. The quantitative estimate of drug-likeness (QED) is 0.875. The molecule has 0 unspecified atom stereocenters. The summed E-state index contributed by atoms with van der Waals surface area (Å²) in [7, 11) is 0.